The second-order valence-electron chi connectivity index (χ2n) is 5.55. The summed E-state index contributed by atoms with van der Waals surface area (Å²) in [5, 5.41) is 11.8. The number of aryl methyl sites for hydroxylation is 1. The third-order valence-electron chi connectivity index (χ3n) is 3.35. The van der Waals surface area contributed by atoms with Crippen LogP contribution in [0.5, 0.6) is 0 Å². The standard InChI is InChI=1S/C18H27N5O/c1-3-10-23-14-18(13-21-23)22-20-9-8-16-6-5-7-17(12-16)19-15-24-11-4-2/h5-7,9,12-14,19,22H,3-4,8,10-11,15H2,1-2H3/b20-9+. The lowest BCUT2D eigenvalue weighted by atomic mass is 10.1. The Hall–Kier alpha value is -2.34. The quantitative estimate of drug-likeness (QED) is 0.285. The molecule has 1 aromatic heterocycles. The van der Waals surface area contributed by atoms with Crippen LogP contribution in [-0.4, -0.2) is 29.3 Å². The van der Waals surface area contributed by atoms with E-state index in [0.717, 1.165) is 43.8 Å². The van der Waals surface area contributed by atoms with Crippen molar-refractivity contribution < 1.29 is 4.74 Å². The molecule has 0 amide bonds. The number of anilines is 2. The molecular weight excluding hydrogens is 302 g/mol. The molecule has 0 unspecified atom stereocenters. The molecule has 0 bridgehead atoms. The summed E-state index contributed by atoms with van der Waals surface area (Å²) in [4.78, 5) is 0. The summed E-state index contributed by atoms with van der Waals surface area (Å²) in [7, 11) is 0. The molecule has 0 saturated carbocycles. The Bertz CT molecular complexity index is 623. The number of benzene rings is 1. The lowest BCUT2D eigenvalue weighted by molar-refractivity contribution is 0.153. The van der Waals surface area contributed by atoms with Gasteiger partial charge in [-0.05, 0) is 30.5 Å². The normalized spacial score (nSPS) is 11.1. The molecule has 0 radical (unpaired) electrons. The molecule has 0 aliphatic carbocycles. The summed E-state index contributed by atoms with van der Waals surface area (Å²) in [6, 6.07) is 8.27. The molecule has 0 fully saturated rings. The zero-order valence-electron chi connectivity index (χ0n) is 14.5. The van der Waals surface area contributed by atoms with Crippen molar-refractivity contribution in [2.75, 3.05) is 24.1 Å². The highest BCUT2D eigenvalue weighted by Gasteiger charge is 1.96. The van der Waals surface area contributed by atoms with Crippen LogP contribution in [0.3, 0.4) is 0 Å². The van der Waals surface area contributed by atoms with E-state index in [1.165, 1.54) is 5.56 Å². The number of hydrogen-bond donors (Lipinski definition) is 2. The van der Waals surface area contributed by atoms with E-state index in [0.29, 0.717) is 6.73 Å². The maximum absolute atomic E-state index is 5.44. The van der Waals surface area contributed by atoms with Gasteiger partial charge in [0.2, 0.25) is 0 Å². The molecule has 0 atom stereocenters. The lowest BCUT2D eigenvalue weighted by Crippen LogP contribution is -2.06. The Morgan fingerprint density at radius 1 is 1.25 bits per heavy atom. The van der Waals surface area contributed by atoms with Gasteiger partial charge in [0.1, 0.15) is 6.73 Å². The summed E-state index contributed by atoms with van der Waals surface area (Å²) in [6.45, 7) is 6.47. The van der Waals surface area contributed by atoms with Crippen LogP contribution in [0.2, 0.25) is 0 Å². The van der Waals surface area contributed by atoms with Crippen LogP contribution in [0.25, 0.3) is 0 Å². The van der Waals surface area contributed by atoms with E-state index in [2.05, 4.69) is 46.9 Å². The number of aromatic nitrogens is 2. The van der Waals surface area contributed by atoms with Crippen molar-refractivity contribution in [1.82, 2.24) is 9.78 Å². The van der Waals surface area contributed by atoms with Gasteiger partial charge in [0.05, 0.1) is 11.9 Å². The van der Waals surface area contributed by atoms with Crippen LogP contribution in [0.4, 0.5) is 11.4 Å². The van der Waals surface area contributed by atoms with Gasteiger partial charge < -0.3 is 10.1 Å². The van der Waals surface area contributed by atoms with Gasteiger partial charge in [0.15, 0.2) is 0 Å². The van der Waals surface area contributed by atoms with E-state index < -0.39 is 0 Å². The second-order valence-corrected chi connectivity index (χ2v) is 5.55. The van der Waals surface area contributed by atoms with Gasteiger partial charge >= 0.3 is 0 Å². The van der Waals surface area contributed by atoms with Gasteiger partial charge in [-0.15, -0.1) is 0 Å². The zero-order chi connectivity index (χ0) is 17.0. The Labute approximate surface area is 143 Å². The topological polar surface area (TPSA) is 63.5 Å². The highest BCUT2D eigenvalue weighted by molar-refractivity contribution is 5.64. The van der Waals surface area contributed by atoms with E-state index in [9.17, 15) is 0 Å². The maximum Gasteiger partial charge on any atom is 0.116 e. The molecule has 0 spiro atoms. The van der Waals surface area contributed by atoms with E-state index in [4.69, 9.17) is 4.74 Å². The first-order valence-corrected chi connectivity index (χ1v) is 8.52. The molecule has 6 nitrogen and oxygen atoms in total. The SMILES string of the molecule is CCCOCNc1cccc(C/C=N/Nc2cnn(CCC)c2)c1. The van der Waals surface area contributed by atoms with Crippen molar-refractivity contribution in [3.8, 4) is 0 Å². The first-order valence-electron chi connectivity index (χ1n) is 8.52. The minimum Gasteiger partial charge on any atom is -0.363 e. The van der Waals surface area contributed by atoms with E-state index in [-0.39, 0.29) is 0 Å². The summed E-state index contributed by atoms with van der Waals surface area (Å²) in [6.07, 6.45) is 8.47. The van der Waals surface area contributed by atoms with Crippen molar-refractivity contribution in [2.45, 2.75) is 39.7 Å². The summed E-state index contributed by atoms with van der Waals surface area (Å²) in [5.41, 5.74) is 6.17. The van der Waals surface area contributed by atoms with Crippen LogP contribution >= 0.6 is 0 Å². The highest BCUT2D eigenvalue weighted by atomic mass is 16.5. The fraction of sp³-hybridized carbons (Fsp3) is 0.444. The van der Waals surface area contributed by atoms with Crippen molar-refractivity contribution in [3.05, 3.63) is 42.2 Å². The van der Waals surface area contributed by atoms with Gasteiger partial charge in [-0.1, -0.05) is 26.0 Å². The Kier molecular flexibility index (Phi) is 7.83. The molecule has 2 rings (SSSR count). The van der Waals surface area contributed by atoms with E-state index in [1.54, 1.807) is 6.20 Å². The first kappa shape index (κ1) is 18.0. The summed E-state index contributed by atoms with van der Waals surface area (Å²) in [5.74, 6) is 0. The molecule has 1 aromatic carbocycles. The number of nitrogens with zero attached hydrogens (tertiary/aromatic N) is 3. The van der Waals surface area contributed by atoms with Crippen molar-refractivity contribution in [3.63, 3.8) is 0 Å². The molecular formula is C18H27N5O. The number of hydrazone groups is 1. The lowest BCUT2D eigenvalue weighted by Gasteiger charge is -2.08. The van der Waals surface area contributed by atoms with Crippen LogP contribution in [-0.2, 0) is 17.7 Å². The number of nitrogens with one attached hydrogen (secondary N) is 2. The highest BCUT2D eigenvalue weighted by Crippen LogP contribution is 2.11. The van der Waals surface area contributed by atoms with Crippen LogP contribution < -0.4 is 10.7 Å². The Morgan fingerprint density at radius 3 is 3.00 bits per heavy atom. The summed E-state index contributed by atoms with van der Waals surface area (Å²) >= 11 is 0. The third-order valence-corrected chi connectivity index (χ3v) is 3.35. The largest absolute Gasteiger partial charge is 0.363 e. The molecule has 0 aliphatic rings. The average molecular weight is 329 g/mol. The van der Waals surface area contributed by atoms with Gasteiger partial charge in [0.25, 0.3) is 0 Å². The average Bonchev–Trinajstić information content (AvgIpc) is 3.04. The fourth-order valence-electron chi connectivity index (χ4n) is 2.20. The smallest absolute Gasteiger partial charge is 0.116 e. The molecule has 130 valence electrons. The molecule has 0 saturated heterocycles. The Balaban J connectivity index is 1.76. The second kappa shape index (κ2) is 10.4. The molecule has 24 heavy (non-hydrogen) atoms. The molecule has 6 heteroatoms. The molecule has 2 N–H and O–H groups in total. The van der Waals surface area contributed by atoms with Gasteiger partial charge in [-0.2, -0.15) is 10.2 Å². The zero-order valence-corrected chi connectivity index (χ0v) is 14.5. The predicted molar refractivity (Wildman–Crippen MR) is 99.5 cm³/mol. The van der Waals surface area contributed by atoms with Gasteiger partial charge in [-0.25, -0.2) is 0 Å². The van der Waals surface area contributed by atoms with Gasteiger partial charge in [0, 0.05) is 37.7 Å². The maximum atomic E-state index is 5.44. The molecule has 1 heterocycles. The summed E-state index contributed by atoms with van der Waals surface area (Å²) < 4.78 is 7.35. The van der Waals surface area contributed by atoms with Crippen molar-refractivity contribution >= 4 is 17.6 Å². The van der Waals surface area contributed by atoms with E-state index in [1.807, 2.05) is 29.2 Å². The Morgan fingerprint density at radius 2 is 2.17 bits per heavy atom. The minimum atomic E-state index is 0.536. The van der Waals surface area contributed by atoms with Crippen LogP contribution in [0, 0.1) is 0 Å². The third kappa shape index (κ3) is 6.42. The number of hydrogen-bond acceptors (Lipinski definition) is 5. The first-order chi connectivity index (χ1) is 11.8. The fourth-order valence-corrected chi connectivity index (χ4v) is 2.20. The number of ether oxygens (including phenoxy) is 1. The minimum absolute atomic E-state index is 0.536. The molecule has 2 aromatic rings. The van der Waals surface area contributed by atoms with Crippen LogP contribution in [0.1, 0.15) is 32.3 Å². The van der Waals surface area contributed by atoms with Gasteiger partial charge in [-0.3, -0.25) is 10.1 Å². The monoisotopic (exact) mass is 329 g/mol. The van der Waals surface area contributed by atoms with E-state index >= 15 is 0 Å². The van der Waals surface area contributed by atoms with Crippen LogP contribution in [0.15, 0.2) is 41.8 Å². The predicted octanol–water partition coefficient (Wildman–Crippen LogP) is 3.73. The van der Waals surface area contributed by atoms with Crippen molar-refractivity contribution in [2.24, 2.45) is 5.10 Å². The number of rotatable bonds is 11. The van der Waals surface area contributed by atoms with Crippen molar-refractivity contribution in [1.29, 1.82) is 0 Å². The molecule has 0 aliphatic heterocycles.